The van der Waals surface area contributed by atoms with E-state index in [1.807, 2.05) is 0 Å². The Morgan fingerprint density at radius 1 is 1.73 bits per heavy atom. The van der Waals surface area contributed by atoms with Gasteiger partial charge in [0, 0.05) is 26.2 Å². The molecule has 0 aromatic heterocycles. The molecular weight excluding hydrogens is 194 g/mol. The highest BCUT2D eigenvalue weighted by Crippen LogP contribution is 2.02. The van der Waals surface area contributed by atoms with Crippen LogP contribution in [0.3, 0.4) is 0 Å². The molecule has 0 aliphatic carbocycles. The van der Waals surface area contributed by atoms with Crippen LogP contribution in [0.4, 0.5) is 0 Å². The standard InChI is InChI=1S/C10H19N3O2/c1-2-3-12-10(14)8-13-4-5-15-9(6-11)7-13/h2,9H,1,3-8,11H2,(H,12,14). The van der Waals surface area contributed by atoms with E-state index in [0.717, 1.165) is 13.1 Å². The van der Waals surface area contributed by atoms with Crippen LogP contribution in [0.5, 0.6) is 0 Å². The van der Waals surface area contributed by atoms with Gasteiger partial charge in [-0.15, -0.1) is 6.58 Å². The van der Waals surface area contributed by atoms with Gasteiger partial charge in [0.1, 0.15) is 0 Å². The predicted molar refractivity (Wildman–Crippen MR) is 58.4 cm³/mol. The lowest BCUT2D eigenvalue weighted by Crippen LogP contribution is -2.49. The number of amides is 1. The fourth-order valence-corrected chi connectivity index (χ4v) is 1.51. The molecule has 1 saturated heterocycles. The zero-order chi connectivity index (χ0) is 11.1. The van der Waals surface area contributed by atoms with Crippen LogP contribution < -0.4 is 11.1 Å². The monoisotopic (exact) mass is 213 g/mol. The molecule has 1 atom stereocenters. The topological polar surface area (TPSA) is 67.6 Å². The van der Waals surface area contributed by atoms with E-state index >= 15 is 0 Å². The van der Waals surface area contributed by atoms with Crippen molar-refractivity contribution in [3.8, 4) is 0 Å². The zero-order valence-electron chi connectivity index (χ0n) is 8.95. The van der Waals surface area contributed by atoms with Crippen LogP contribution in [-0.4, -0.2) is 56.2 Å². The minimum Gasteiger partial charge on any atom is -0.374 e. The minimum atomic E-state index is 0.0209. The number of hydrogen-bond acceptors (Lipinski definition) is 4. The molecule has 1 fully saturated rings. The Balaban J connectivity index is 2.24. The van der Waals surface area contributed by atoms with Crippen LogP contribution in [0.1, 0.15) is 0 Å². The van der Waals surface area contributed by atoms with Gasteiger partial charge in [-0.05, 0) is 0 Å². The van der Waals surface area contributed by atoms with E-state index in [2.05, 4.69) is 16.8 Å². The average Bonchev–Trinajstić information content (AvgIpc) is 2.26. The molecule has 0 aromatic rings. The van der Waals surface area contributed by atoms with Crippen molar-refractivity contribution in [1.82, 2.24) is 10.2 Å². The van der Waals surface area contributed by atoms with Gasteiger partial charge in [-0.3, -0.25) is 9.69 Å². The minimum absolute atomic E-state index is 0.0209. The van der Waals surface area contributed by atoms with Gasteiger partial charge in [0.25, 0.3) is 0 Å². The third-order valence-corrected chi connectivity index (χ3v) is 2.30. The first kappa shape index (κ1) is 12.2. The van der Waals surface area contributed by atoms with Gasteiger partial charge in [-0.25, -0.2) is 0 Å². The average molecular weight is 213 g/mol. The van der Waals surface area contributed by atoms with Gasteiger partial charge >= 0.3 is 0 Å². The maximum atomic E-state index is 11.4. The zero-order valence-corrected chi connectivity index (χ0v) is 8.95. The Hall–Kier alpha value is -0.910. The van der Waals surface area contributed by atoms with Gasteiger partial charge < -0.3 is 15.8 Å². The lowest BCUT2D eigenvalue weighted by Gasteiger charge is -2.31. The summed E-state index contributed by atoms with van der Waals surface area (Å²) in [5.41, 5.74) is 5.51. The number of nitrogens with one attached hydrogen (secondary N) is 1. The van der Waals surface area contributed by atoms with Crippen molar-refractivity contribution in [3.63, 3.8) is 0 Å². The van der Waals surface area contributed by atoms with Crippen molar-refractivity contribution < 1.29 is 9.53 Å². The molecule has 0 radical (unpaired) electrons. The second-order valence-electron chi connectivity index (χ2n) is 3.56. The number of morpholine rings is 1. The van der Waals surface area contributed by atoms with Gasteiger partial charge in [0.2, 0.25) is 5.91 Å². The Kier molecular flexibility index (Phi) is 5.31. The van der Waals surface area contributed by atoms with Crippen LogP contribution in [-0.2, 0) is 9.53 Å². The highest BCUT2D eigenvalue weighted by atomic mass is 16.5. The second-order valence-corrected chi connectivity index (χ2v) is 3.56. The van der Waals surface area contributed by atoms with Crippen LogP contribution in [0.25, 0.3) is 0 Å². The molecule has 1 unspecified atom stereocenters. The Morgan fingerprint density at radius 3 is 3.20 bits per heavy atom. The van der Waals surface area contributed by atoms with Crippen LogP contribution in [0.2, 0.25) is 0 Å². The second kappa shape index (κ2) is 6.55. The Morgan fingerprint density at radius 2 is 2.53 bits per heavy atom. The highest BCUT2D eigenvalue weighted by molar-refractivity contribution is 5.78. The molecule has 1 aliphatic rings. The van der Waals surface area contributed by atoms with E-state index in [-0.39, 0.29) is 12.0 Å². The van der Waals surface area contributed by atoms with Crippen molar-refractivity contribution in [2.24, 2.45) is 5.73 Å². The summed E-state index contributed by atoms with van der Waals surface area (Å²) in [5.74, 6) is 0.0209. The smallest absolute Gasteiger partial charge is 0.234 e. The molecular formula is C10H19N3O2. The van der Waals surface area contributed by atoms with Crippen LogP contribution >= 0.6 is 0 Å². The summed E-state index contributed by atoms with van der Waals surface area (Å²) in [6, 6.07) is 0. The van der Waals surface area contributed by atoms with Crippen LogP contribution in [0, 0.1) is 0 Å². The predicted octanol–water partition coefficient (Wildman–Crippen LogP) is -1.05. The number of nitrogens with zero attached hydrogens (tertiary/aromatic N) is 1. The molecule has 86 valence electrons. The molecule has 1 rings (SSSR count). The van der Waals surface area contributed by atoms with Crippen LogP contribution in [0.15, 0.2) is 12.7 Å². The maximum Gasteiger partial charge on any atom is 0.234 e. The molecule has 5 heteroatoms. The number of carbonyl (C=O) groups excluding carboxylic acids is 1. The van der Waals surface area contributed by atoms with E-state index in [0.29, 0.717) is 26.2 Å². The van der Waals surface area contributed by atoms with E-state index in [4.69, 9.17) is 10.5 Å². The first-order valence-corrected chi connectivity index (χ1v) is 5.18. The maximum absolute atomic E-state index is 11.4. The summed E-state index contributed by atoms with van der Waals surface area (Å²) >= 11 is 0. The van der Waals surface area contributed by atoms with E-state index in [1.165, 1.54) is 0 Å². The normalized spacial score (nSPS) is 22.3. The van der Waals surface area contributed by atoms with E-state index < -0.39 is 0 Å². The van der Waals surface area contributed by atoms with Crippen molar-refractivity contribution in [2.75, 3.05) is 39.3 Å². The molecule has 1 heterocycles. The number of rotatable bonds is 5. The summed E-state index contributed by atoms with van der Waals surface area (Å²) in [6.45, 7) is 7.15. The van der Waals surface area contributed by atoms with Crippen molar-refractivity contribution in [1.29, 1.82) is 0 Å². The van der Waals surface area contributed by atoms with E-state index in [9.17, 15) is 4.79 Å². The SMILES string of the molecule is C=CCNC(=O)CN1CCOC(CN)C1. The summed E-state index contributed by atoms with van der Waals surface area (Å²) in [4.78, 5) is 13.4. The molecule has 3 N–H and O–H groups in total. The molecule has 0 saturated carbocycles. The summed E-state index contributed by atoms with van der Waals surface area (Å²) in [6.07, 6.45) is 1.73. The third-order valence-electron chi connectivity index (χ3n) is 2.30. The van der Waals surface area contributed by atoms with Crippen molar-refractivity contribution in [3.05, 3.63) is 12.7 Å². The molecule has 0 aromatic carbocycles. The largest absolute Gasteiger partial charge is 0.374 e. The summed E-state index contributed by atoms with van der Waals surface area (Å²) < 4.78 is 5.41. The summed E-state index contributed by atoms with van der Waals surface area (Å²) in [5, 5.41) is 2.74. The quantitative estimate of drug-likeness (QED) is 0.572. The first-order valence-electron chi connectivity index (χ1n) is 5.18. The molecule has 1 aliphatic heterocycles. The number of hydrogen-bond donors (Lipinski definition) is 2. The fourth-order valence-electron chi connectivity index (χ4n) is 1.51. The third kappa shape index (κ3) is 4.42. The summed E-state index contributed by atoms with van der Waals surface area (Å²) in [7, 11) is 0. The lowest BCUT2D eigenvalue weighted by molar-refractivity contribution is -0.123. The molecule has 0 bridgehead atoms. The molecule has 0 spiro atoms. The molecule has 1 amide bonds. The molecule has 5 nitrogen and oxygen atoms in total. The van der Waals surface area contributed by atoms with Gasteiger partial charge in [-0.1, -0.05) is 6.08 Å². The molecule has 15 heavy (non-hydrogen) atoms. The Labute approximate surface area is 90.3 Å². The van der Waals surface area contributed by atoms with Gasteiger partial charge in [0.05, 0.1) is 19.3 Å². The number of nitrogens with two attached hydrogens (primary N) is 1. The van der Waals surface area contributed by atoms with Gasteiger partial charge in [0.15, 0.2) is 0 Å². The lowest BCUT2D eigenvalue weighted by atomic mass is 10.2. The number of carbonyl (C=O) groups is 1. The Bertz CT molecular complexity index is 221. The van der Waals surface area contributed by atoms with Crippen molar-refractivity contribution in [2.45, 2.75) is 6.10 Å². The number of ether oxygens (including phenoxy) is 1. The van der Waals surface area contributed by atoms with E-state index in [1.54, 1.807) is 6.08 Å². The first-order chi connectivity index (χ1) is 7.26. The van der Waals surface area contributed by atoms with Gasteiger partial charge in [-0.2, -0.15) is 0 Å². The fraction of sp³-hybridized carbons (Fsp3) is 0.700. The van der Waals surface area contributed by atoms with Crippen molar-refractivity contribution >= 4 is 5.91 Å². The highest BCUT2D eigenvalue weighted by Gasteiger charge is 2.20.